The van der Waals surface area contributed by atoms with E-state index in [0.717, 1.165) is 39.2 Å². The first-order valence-electron chi connectivity index (χ1n) is 17.2. The first-order valence-corrected chi connectivity index (χ1v) is 17.2. The van der Waals surface area contributed by atoms with Gasteiger partial charge in [0.05, 0.1) is 11.4 Å². The van der Waals surface area contributed by atoms with Gasteiger partial charge < -0.3 is 0 Å². The molecule has 2 aromatic heterocycles. The van der Waals surface area contributed by atoms with Crippen LogP contribution in [0.3, 0.4) is 0 Å². The van der Waals surface area contributed by atoms with E-state index in [0.29, 0.717) is 0 Å². The van der Waals surface area contributed by atoms with E-state index in [2.05, 4.69) is 182 Å². The summed E-state index contributed by atoms with van der Waals surface area (Å²) in [6, 6.07) is 63.1. The van der Waals surface area contributed by atoms with Crippen molar-refractivity contribution in [1.29, 1.82) is 0 Å². The van der Waals surface area contributed by atoms with Crippen LogP contribution in [-0.4, -0.2) is 9.97 Å². The van der Waals surface area contributed by atoms with Gasteiger partial charge in [0.2, 0.25) is 0 Å². The molecule has 1 unspecified atom stereocenters. The SMILES string of the molecule is CC1(c2ccccc2)c2ccccc2-c2c1ccc(-c1cccc(-c3cc(-c4ccccc4)cc(-c4ccccc4)n3)c1)c2-c1ccncc1. The number of fused-ring (bicyclic) bond motifs is 3. The fourth-order valence-electron chi connectivity index (χ4n) is 7.80. The first kappa shape index (κ1) is 29.7. The summed E-state index contributed by atoms with van der Waals surface area (Å²) in [4.78, 5) is 9.65. The average molecular weight is 639 g/mol. The quantitative estimate of drug-likeness (QED) is 0.181. The molecule has 0 radical (unpaired) electrons. The summed E-state index contributed by atoms with van der Waals surface area (Å²) in [7, 11) is 0. The molecule has 1 aliphatic rings. The van der Waals surface area contributed by atoms with Crippen LogP contribution in [0.15, 0.2) is 188 Å². The molecule has 0 aliphatic heterocycles. The molecule has 236 valence electrons. The normalized spacial score (nSPS) is 14.6. The van der Waals surface area contributed by atoms with Crippen molar-refractivity contribution in [2.45, 2.75) is 12.3 Å². The third-order valence-corrected chi connectivity index (χ3v) is 10.3. The number of aromatic nitrogens is 2. The van der Waals surface area contributed by atoms with Crippen LogP contribution in [0.2, 0.25) is 0 Å². The van der Waals surface area contributed by atoms with Crippen LogP contribution in [0.5, 0.6) is 0 Å². The van der Waals surface area contributed by atoms with Gasteiger partial charge in [0, 0.05) is 28.9 Å². The Balaban J connectivity index is 1.26. The minimum atomic E-state index is -0.287. The molecule has 2 heterocycles. The Labute approximate surface area is 293 Å². The standard InChI is InChI=1S/C48H34N2/c1-48(39-20-9-4-10-21-39)42-23-12-11-22-41(42)47-43(48)25-24-40(46(47)35-26-28-49-29-27-35)36-18-13-19-37(30-36)45-32-38(33-14-5-2-6-15-33)31-44(50-45)34-16-7-3-8-17-34/h2-32H,1H3. The summed E-state index contributed by atoms with van der Waals surface area (Å²) in [6.07, 6.45) is 3.80. The molecular weight excluding hydrogens is 605 g/mol. The van der Waals surface area contributed by atoms with E-state index in [-0.39, 0.29) is 5.41 Å². The highest BCUT2D eigenvalue weighted by Gasteiger charge is 2.42. The number of rotatable bonds is 6. The maximum atomic E-state index is 5.25. The van der Waals surface area contributed by atoms with Crippen molar-refractivity contribution < 1.29 is 0 Å². The maximum Gasteiger partial charge on any atom is 0.0715 e. The van der Waals surface area contributed by atoms with Gasteiger partial charge in [-0.05, 0) is 98.5 Å². The van der Waals surface area contributed by atoms with E-state index in [1.165, 1.54) is 44.5 Å². The molecule has 1 atom stereocenters. The second kappa shape index (κ2) is 12.3. The molecular formula is C48H34N2. The van der Waals surface area contributed by atoms with Gasteiger partial charge in [-0.15, -0.1) is 0 Å². The van der Waals surface area contributed by atoms with Gasteiger partial charge in [0.15, 0.2) is 0 Å². The average Bonchev–Trinajstić information content (AvgIpc) is 3.47. The van der Waals surface area contributed by atoms with Crippen molar-refractivity contribution in [3.8, 4) is 67.0 Å². The molecule has 0 N–H and O–H groups in total. The van der Waals surface area contributed by atoms with Crippen molar-refractivity contribution in [2.24, 2.45) is 0 Å². The largest absolute Gasteiger partial charge is 0.265 e. The van der Waals surface area contributed by atoms with Crippen LogP contribution in [0.4, 0.5) is 0 Å². The molecule has 0 amide bonds. The molecule has 0 fully saturated rings. The number of nitrogens with zero attached hydrogens (tertiary/aromatic N) is 2. The highest BCUT2D eigenvalue weighted by molar-refractivity contribution is 6.01. The minimum absolute atomic E-state index is 0.287. The summed E-state index contributed by atoms with van der Waals surface area (Å²) >= 11 is 0. The zero-order chi connectivity index (χ0) is 33.5. The smallest absolute Gasteiger partial charge is 0.0715 e. The minimum Gasteiger partial charge on any atom is -0.265 e. The molecule has 0 saturated carbocycles. The van der Waals surface area contributed by atoms with Crippen LogP contribution in [0, 0.1) is 0 Å². The Morgan fingerprint density at radius 1 is 0.380 bits per heavy atom. The van der Waals surface area contributed by atoms with Crippen LogP contribution in [0.1, 0.15) is 23.6 Å². The number of benzene rings is 6. The third kappa shape index (κ3) is 4.96. The molecule has 2 heteroatoms. The fraction of sp³-hybridized carbons (Fsp3) is 0.0417. The third-order valence-electron chi connectivity index (χ3n) is 10.3. The van der Waals surface area contributed by atoms with Crippen molar-refractivity contribution in [1.82, 2.24) is 9.97 Å². The monoisotopic (exact) mass is 638 g/mol. The van der Waals surface area contributed by atoms with Gasteiger partial charge in [-0.25, -0.2) is 4.98 Å². The molecule has 9 rings (SSSR count). The molecule has 0 spiro atoms. The lowest BCUT2D eigenvalue weighted by Gasteiger charge is -2.29. The Hall–Kier alpha value is -6.38. The number of hydrogen-bond acceptors (Lipinski definition) is 2. The summed E-state index contributed by atoms with van der Waals surface area (Å²) < 4.78 is 0. The van der Waals surface area contributed by atoms with Crippen molar-refractivity contribution in [2.75, 3.05) is 0 Å². The molecule has 1 aliphatic carbocycles. The summed E-state index contributed by atoms with van der Waals surface area (Å²) in [6.45, 7) is 2.37. The number of pyridine rings is 2. The van der Waals surface area contributed by atoms with E-state index >= 15 is 0 Å². The van der Waals surface area contributed by atoms with E-state index in [9.17, 15) is 0 Å². The molecule has 50 heavy (non-hydrogen) atoms. The summed E-state index contributed by atoms with van der Waals surface area (Å²) in [5.41, 5.74) is 17.3. The van der Waals surface area contributed by atoms with E-state index < -0.39 is 0 Å². The molecule has 8 aromatic rings. The Bertz CT molecular complexity index is 2410. The summed E-state index contributed by atoms with van der Waals surface area (Å²) in [5.74, 6) is 0. The fourth-order valence-corrected chi connectivity index (χ4v) is 7.80. The Morgan fingerprint density at radius 3 is 1.72 bits per heavy atom. The zero-order valence-corrected chi connectivity index (χ0v) is 27.8. The second-order valence-corrected chi connectivity index (χ2v) is 13.1. The maximum absolute atomic E-state index is 5.25. The number of hydrogen-bond donors (Lipinski definition) is 0. The van der Waals surface area contributed by atoms with Gasteiger partial charge in [-0.3, -0.25) is 4.98 Å². The van der Waals surface area contributed by atoms with Gasteiger partial charge in [0.25, 0.3) is 0 Å². The lowest BCUT2D eigenvalue weighted by Crippen LogP contribution is -2.22. The highest BCUT2D eigenvalue weighted by Crippen LogP contribution is 2.56. The van der Waals surface area contributed by atoms with Crippen molar-refractivity contribution in [3.63, 3.8) is 0 Å². The van der Waals surface area contributed by atoms with Crippen molar-refractivity contribution >= 4 is 0 Å². The van der Waals surface area contributed by atoms with Gasteiger partial charge in [0.1, 0.15) is 0 Å². The Morgan fingerprint density at radius 2 is 0.980 bits per heavy atom. The lowest BCUT2D eigenvalue weighted by atomic mass is 9.73. The van der Waals surface area contributed by atoms with E-state index in [1.54, 1.807) is 0 Å². The highest BCUT2D eigenvalue weighted by atomic mass is 14.7. The summed E-state index contributed by atoms with van der Waals surface area (Å²) in [5, 5.41) is 0. The first-order chi connectivity index (χ1) is 24.7. The predicted octanol–water partition coefficient (Wildman–Crippen LogP) is 12.1. The Kier molecular flexibility index (Phi) is 7.29. The van der Waals surface area contributed by atoms with E-state index in [1.807, 2.05) is 18.5 Å². The lowest BCUT2D eigenvalue weighted by molar-refractivity contribution is 0.714. The van der Waals surface area contributed by atoms with Gasteiger partial charge >= 0.3 is 0 Å². The van der Waals surface area contributed by atoms with Gasteiger partial charge in [-0.1, -0.05) is 146 Å². The predicted molar refractivity (Wildman–Crippen MR) is 207 cm³/mol. The van der Waals surface area contributed by atoms with Crippen LogP contribution >= 0.6 is 0 Å². The van der Waals surface area contributed by atoms with Crippen LogP contribution < -0.4 is 0 Å². The zero-order valence-electron chi connectivity index (χ0n) is 27.8. The molecule has 0 saturated heterocycles. The van der Waals surface area contributed by atoms with Crippen LogP contribution in [0.25, 0.3) is 67.0 Å². The molecule has 2 nitrogen and oxygen atoms in total. The van der Waals surface area contributed by atoms with Gasteiger partial charge in [-0.2, -0.15) is 0 Å². The van der Waals surface area contributed by atoms with E-state index in [4.69, 9.17) is 4.98 Å². The second-order valence-electron chi connectivity index (χ2n) is 13.1. The van der Waals surface area contributed by atoms with Crippen molar-refractivity contribution in [3.05, 3.63) is 205 Å². The molecule has 0 bridgehead atoms. The molecule has 6 aromatic carbocycles. The topological polar surface area (TPSA) is 25.8 Å². The van der Waals surface area contributed by atoms with Crippen LogP contribution in [-0.2, 0) is 5.41 Å².